The van der Waals surface area contributed by atoms with E-state index in [-0.39, 0.29) is 11.4 Å². The van der Waals surface area contributed by atoms with Gasteiger partial charge >= 0.3 is 5.69 Å². The highest BCUT2D eigenvalue weighted by atomic mass is 16.3. The van der Waals surface area contributed by atoms with E-state index in [0.29, 0.717) is 18.1 Å². The lowest BCUT2D eigenvalue weighted by atomic mass is 10.1. The molecule has 19 heavy (non-hydrogen) atoms. The second-order valence-corrected chi connectivity index (χ2v) is 4.42. The Morgan fingerprint density at radius 3 is 3.00 bits per heavy atom. The predicted octanol–water partition coefficient (Wildman–Crippen LogP) is 0.865. The minimum absolute atomic E-state index is 0.132. The number of rotatable bonds is 2. The highest BCUT2D eigenvalue weighted by Gasteiger charge is 2.16. The number of para-hydroxylation sites is 2. The van der Waals surface area contributed by atoms with Gasteiger partial charge in [0.1, 0.15) is 11.6 Å². The predicted molar refractivity (Wildman–Crippen MR) is 71.7 cm³/mol. The number of nitrogens with zero attached hydrogens (tertiary/aromatic N) is 1. The average molecular weight is 258 g/mol. The molecule has 0 atom stereocenters. The van der Waals surface area contributed by atoms with Crippen molar-refractivity contribution in [3.63, 3.8) is 0 Å². The molecular formula is C13H14N4O2. The first-order chi connectivity index (χ1) is 9.24. The number of nitrogens with one attached hydrogen (secondary N) is 3. The van der Waals surface area contributed by atoms with E-state index < -0.39 is 0 Å². The van der Waals surface area contributed by atoms with E-state index in [2.05, 4.69) is 20.6 Å². The Morgan fingerprint density at radius 2 is 2.16 bits per heavy atom. The molecule has 3 rings (SSSR count). The maximum absolute atomic E-state index is 11.5. The average Bonchev–Trinajstić information content (AvgIpc) is 2.41. The third-order valence-electron chi connectivity index (χ3n) is 3.13. The zero-order valence-corrected chi connectivity index (χ0v) is 10.2. The lowest BCUT2D eigenvalue weighted by molar-refractivity contribution is 0.477. The van der Waals surface area contributed by atoms with Crippen molar-refractivity contribution in [3.8, 4) is 5.75 Å². The Labute approximate surface area is 109 Å². The minimum atomic E-state index is -0.389. The Morgan fingerprint density at radius 1 is 1.32 bits per heavy atom. The minimum Gasteiger partial charge on any atom is -0.506 e. The fraction of sp³-hybridized carbons (Fsp3) is 0.231. The summed E-state index contributed by atoms with van der Waals surface area (Å²) in [5.74, 6) is 0.647. The van der Waals surface area contributed by atoms with Gasteiger partial charge in [0.05, 0.1) is 5.69 Å². The summed E-state index contributed by atoms with van der Waals surface area (Å²) in [6, 6.07) is 6.88. The van der Waals surface area contributed by atoms with Crippen LogP contribution in [0.2, 0.25) is 0 Å². The molecule has 0 amide bonds. The van der Waals surface area contributed by atoms with Crippen LogP contribution in [-0.4, -0.2) is 21.6 Å². The van der Waals surface area contributed by atoms with E-state index in [4.69, 9.17) is 0 Å². The molecule has 6 nitrogen and oxygen atoms in total. The van der Waals surface area contributed by atoms with Crippen LogP contribution in [0, 0.1) is 0 Å². The zero-order valence-electron chi connectivity index (χ0n) is 10.2. The third-order valence-corrected chi connectivity index (χ3v) is 3.13. The molecule has 6 heteroatoms. The van der Waals surface area contributed by atoms with Gasteiger partial charge < -0.3 is 20.7 Å². The van der Waals surface area contributed by atoms with E-state index in [9.17, 15) is 9.90 Å². The van der Waals surface area contributed by atoms with E-state index in [1.165, 1.54) is 0 Å². The zero-order chi connectivity index (χ0) is 13.2. The number of benzene rings is 1. The van der Waals surface area contributed by atoms with Gasteiger partial charge in [0.25, 0.3) is 0 Å². The van der Waals surface area contributed by atoms with Crippen LogP contribution >= 0.6 is 0 Å². The molecule has 1 aromatic carbocycles. The van der Waals surface area contributed by atoms with Gasteiger partial charge in [-0.05, 0) is 25.1 Å². The Hall–Kier alpha value is -2.34. The van der Waals surface area contributed by atoms with Crippen LogP contribution in [0.3, 0.4) is 0 Å². The Kier molecular flexibility index (Phi) is 2.92. The number of aromatic nitrogens is 2. The quantitative estimate of drug-likeness (QED) is 0.600. The molecule has 0 saturated carbocycles. The molecule has 0 unspecified atom stereocenters. The van der Waals surface area contributed by atoms with Crippen molar-refractivity contribution in [2.24, 2.45) is 0 Å². The molecule has 0 aliphatic carbocycles. The molecule has 98 valence electrons. The van der Waals surface area contributed by atoms with Gasteiger partial charge in [0.2, 0.25) is 0 Å². The summed E-state index contributed by atoms with van der Waals surface area (Å²) in [7, 11) is 0. The first kappa shape index (κ1) is 11.7. The van der Waals surface area contributed by atoms with Crippen molar-refractivity contribution in [2.45, 2.75) is 13.0 Å². The summed E-state index contributed by atoms with van der Waals surface area (Å²) in [6.45, 7) is 1.47. The molecule has 0 saturated heterocycles. The molecule has 0 bridgehead atoms. The van der Waals surface area contributed by atoms with Crippen LogP contribution in [0.1, 0.15) is 11.3 Å². The number of fused-ring (bicyclic) bond motifs is 1. The van der Waals surface area contributed by atoms with Crippen LogP contribution in [0.4, 0.5) is 11.5 Å². The molecule has 1 aliphatic rings. The molecule has 0 spiro atoms. The number of hydrogen-bond acceptors (Lipinski definition) is 5. The second kappa shape index (κ2) is 4.74. The smallest absolute Gasteiger partial charge is 0.347 e. The molecule has 0 radical (unpaired) electrons. The Balaban J connectivity index is 2.03. The van der Waals surface area contributed by atoms with Crippen molar-refractivity contribution in [1.82, 2.24) is 15.3 Å². The Bertz CT molecular complexity index is 666. The van der Waals surface area contributed by atoms with E-state index in [1.807, 2.05) is 6.07 Å². The van der Waals surface area contributed by atoms with E-state index >= 15 is 0 Å². The van der Waals surface area contributed by atoms with E-state index in [0.717, 1.165) is 24.2 Å². The molecule has 2 heterocycles. The molecule has 2 aromatic rings. The maximum Gasteiger partial charge on any atom is 0.347 e. The normalized spacial score (nSPS) is 13.9. The summed E-state index contributed by atoms with van der Waals surface area (Å²) in [6.07, 6.45) is 0.787. The highest BCUT2D eigenvalue weighted by molar-refractivity contribution is 5.65. The fourth-order valence-corrected chi connectivity index (χ4v) is 2.20. The van der Waals surface area contributed by atoms with Crippen LogP contribution in [-0.2, 0) is 13.0 Å². The second-order valence-electron chi connectivity index (χ2n) is 4.42. The number of H-pyrrole nitrogens is 1. The molecule has 0 fully saturated rings. The van der Waals surface area contributed by atoms with Crippen LogP contribution in [0.5, 0.6) is 5.75 Å². The number of anilines is 2. The molecule has 1 aromatic heterocycles. The van der Waals surface area contributed by atoms with Crippen molar-refractivity contribution < 1.29 is 5.11 Å². The van der Waals surface area contributed by atoms with Crippen LogP contribution < -0.4 is 16.3 Å². The molecule has 1 aliphatic heterocycles. The van der Waals surface area contributed by atoms with Gasteiger partial charge in [-0.1, -0.05) is 12.1 Å². The van der Waals surface area contributed by atoms with Crippen molar-refractivity contribution in [1.29, 1.82) is 0 Å². The van der Waals surface area contributed by atoms with E-state index in [1.54, 1.807) is 18.2 Å². The van der Waals surface area contributed by atoms with Gasteiger partial charge in [-0.3, -0.25) is 0 Å². The van der Waals surface area contributed by atoms with Crippen molar-refractivity contribution >= 4 is 11.5 Å². The van der Waals surface area contributed by atoms with Crippen LogP contribution in [0.25, 0.3) is 0 Å². The van der Waals surface area contributed by atoms with Gasteiger partial charge in [-0.15, -0.1) is 0 Å². The maximum atomic E-state index is 11.5. The highest BCUT2D eigenvalue weighted by Crippen LogP contribution is 2.27. The number of aromatic amines is 1. The summed E-state index contributed by atoms with van der Waals surface area (Å²) >= 11 is 0. The van der Waals surface area contributed by atoms with Crippen molar-refractivity contribution in [3.05, 3.63) is 46.0 Å². The number of hydrogen-bond donors (Lipinski definition) is 4. The number of phenols is 1. The van der Waals surface area contributed by atoms with Crippen molar-refractivity contribution in [2.75, 3.05) is 11.9 Å². The lowest BCUT2D eigenvalue weighted by Crippen LogP contribution is -2.29. The van der Waals surface area contributed by atoms with Gasteiger partial charge in [0.15, 0.2) is 0 Å². The van der Waals surface area contributed by atoms with Gasteiger partial charge in [-0.2, -0.15) is 4.98 Å². The largest absolute Gasteiger partial charge is 0.506 e. The third kappa shape index (κ3) is 2.30. The molecular weight excluding hydrogens is 244 g/mol. The SMILES string of the molecule is O=c1nc(Nc2ccccc2O)c2c([nH]1)CNCC2. The van der Waals surface area contributed by atoms with Gasteiger partial charge in [0, 0.05) is 17.8 Å². The van der Waals surface area contributed by atoms with Crippen LogP contribution in [0.15, 0.2) is 29.1 Å². The summed E-state index contributed by atoms with van der Waals surface area (Å²) in [5.41, 5.74) is 1.99. The fourth-order valence-electron chi connectivity index (χ4n) is 2.20. The standard InChI is InChI=1S/C13H14N4O2/c18-11-4-2-1-3-9(11)15-12-8-5-6-14-7-10(8)16-13(19)17-12/h1-4,14,18H,5-7H2,(H2,15,16,17,19). The molecule has 4 N–H and O–H groups in total. The van der Waals surface area contributed by atoms with Gasteiger partial charge in [-0.25, -0.2) is 4.79 Å². The number of phenolic OH excluding ortho intramolecular Hbond substituents is 1. The summed E-state index contributed by atoms with van der Waals surface area (Å²) in [4.78, 5) is 18.2. The first-order valence-electron chi connectivity index (χ1n) is 6.12. The summed E-state index contributed by atoms with van der Waals surface area (Å²) in [5, 5.41) is 16.0. The topological polar surface area (TPSA) is 90.0 Å². The summed E-state index contributed by atoms with van der Waals surface area (Å²) < 4.78 is 0. The first-order valence-corrected chi connectivity index (χ1v) is 6.12. The lowest BCUT2D eigenvalue weighted by Gasteiger charge is -2.19. The number of aromatic hydroxyl groups is 1. The monoisotopic (exact) mass is 258 g/mol.